The molecule has 29 nitrogen and oxygen atoms in total. The molecule has 7 atom stereocenters. The lowest BCUT2D eigenvalue weighted by atomic mass is 10.0. The molecule has 6 rings (SSSR count). The lowest BCUT2D eigenvalue weighted by molar-refractivity contribution is -0.136. The fourth-order valence-corrected chi connectivity index (χ4v) is 10.7. The number of carbonyl (C=O) groups is 2. The fourth-order valence-electron chi connectivity index (χ4n) is 7.94. The number of hydrogen-bond acceptors (Lipinski definition) is 23. The van der Waals surface area contributed by atoms with Crippen LogP contribution < -0.4 is 15.4 Å². The van der Waals surface area contributed by atoms with Gasteiger partial charge in [0.1, 0.15) is 35.6 Å². The van der Waals surface area contributed by atoms with Crippen molar-refractivity contribution in [3.63, 3.8) is 0 Å². The monoisotopic (exact) mass is 1210 g/mol. The Morgan fingerprint density at radius 2 is 1.39 bits per heavy atom. The first-order valence-electron chi connectivity index (χ1n) is 25.2. The lowest BCUT2D eigenvalue weighted by Gasteiger charge is -2.21. The summed E-state index contributed by atoms with van der Waals surface area (Å²) in [4.78, 5) is 61.4. The van der Waals surface area contributed by atoms with E-state index in [1.165, 1.54) is 6.20 Å². The van der Waals surface area contributed by atoms with E-state index < -0.39 is 87.3 Å². The number of benzene rings is 1. The van der Waals surface area contributed by atoms with Crippen LogP contribution in [0.15, 0.2) is 24.5 Å². The summed E-state index contributed by atoms with van der Waals surface area (Å²) in [6.07, 6.45) is -1.20. The Balaban J connectivity index is 0.719. The molecule has 1 saturated carbocycles. The smallest absolute Gasteiger partial charge is 0.340 e. The van der Waals surface area contributed by atoms with Crippen molar-refractivity contribution in [1.82, 2.24) is 40.1 Å². The van der Waals surface area contributed by atoms with E-state index in [2.05, 4.69) is 40.7 Å². The number of fused-ring (bicyclic) bond motifs is 1. The third-order valence-corrected chi connectivity index (χ3v) is 15.3. The first-order valence-corrected chi connectivity index (χ1v) is 29.1. The normalized spacial score (nSPS) is 20.2. The van der Waals surface area contributed by atoms with Crippen LogP contribution in [0.25, 0.3) is 11.0 Å². The maximum Gasteiger partial charge on any atom is 0.340 e. The molecule has 1 aromatic carbocycles. The van der Waals surface area contributed by atoms with Crippen LogP contribution in [0.1, 0.15) is 37.6 Å². The molecule has 7 N–H and O–H groups in total. The number of hydrogen-bond donors (Lipinski definition) is 7. The van der Waals surface area contributed by atoms with Crippen LogP contribution in [0.2, 0.25) is 5.28 Å². The molecule has 2 fully saturated rings. The Bertz CT molecular complexity index is 2640. The first-order chi connectivity index (χ1) is 38.4. The molecule has 4 heterocycles. The Labute approximate surface area is 460 Å². The van der Waals surface area contributed by atoms with E-state index in [4.69, 9.17) is 68.5 Å². The molecule has 2 aliphatic rings. The largest absolute Gasteiger partial charge is 0.420 e. The molecule has 4 aromatic rings. The average Bonchev–Trinajstić information content (AvgIpc) is 4.30. The van der Waals surface area contributed by atoms with Crippen molar-refractivity contribution in [2.24, 2.45) is 5.92 Å². The zero-order valence-corrected chi connectivity index (χ0v) is 45.7. The third kappa shape index (κ3) is 21.7. The second-order valence-corrected chi connectivity index (χ2v) is 22.1. The number of esters is 1. The molecule has 1 aliphatic heterocycles. The number of anilines is 1. The number of nitrogens with one attached hydrogen (secondary N) is 2. The highest BCUT2D eigenvalue weighted by Gasteiger charge is 2.46. The summed E-state index contributed by atoms with van der Waals surface area (Å²) in [5, 5.41) is 40.1. The summed E-state index contributed by atoms with van der Waals surface area (Å²) < 4.78 is 125. The molecule has 1 unspecified atom stereocenters. The SMILES string of the molecule is O=C(CCOCCOCCOCCOCCn1cc(COCCOCCOCCOCCNC(=O)[C@@H]2CCC[C@H]2Nc2nc(Cl)nc3c2cnn3[C@@H]2O[C@H](COP(=O)(O)CP(=O)(O)O)[C@@H](O)[C@H]2O)nn1)Oc1c(F)cc(F)cc1F. The van der Waals surface area contributed by atoms with Crippen LogP contribution in [0.4, 0.5) is 19.0 Å². The zero-order chi connectivity index (χ0) is 57.5. The summed E-state index contributed by atoms with van der Waals surface area (Å²) in [6, 6.07) is 0.482. The van der Waals surface area contributed by atoms with Crippen LogP contribution in [0.3, 0.4) is 0 Å². The van der Waals surface area contributed by atoms with E-state index in [1.807, 2.05) is 0 Å². The van der Waals surface area contributed by atoms with Gasteiger partial charge in [-0.15, -0.1) is 5.10 Å². The van der Waals surface area contributed by atoms with Crippen molar-refractivity contribution in [2.75, 3.05) is 123 Å². The third-order valence-electron chi connectivity index (χ3n) is 11.7. The first kappa shape index (κ1) is 64.8. The van der Waals surface area contributed by atoms with E-state index >= 15 is 0 Å². The van der Waals surface area contributed by atoms with E-state index in [1.54, 1.807) is 10.9 Å². The second kappa shape index (κ2) is 33.0. The number of amides is 1. The number of nitrogens with zero attached hydrogens (tertiary/aromatic N) is 7. The molecule has 1 aliphatic carbocycles. The Kier molecular flexibility index (Phi) is 26.7. The Hall–Kier alpha value is -4.41. The Morgan fingerprint density at radius 3 is 2.02 bits per heavy atom. The highest BCUT2D eigenvalue weighted by atomic mass is 35.5. The summed E-state index contributed by atoms with van der Waals surface area (Å²) in [5.74, 6) is -7.46. The number of halogens is 4. The van der Waals surface area contributed by atoms with Gasteiger partial charge in [0.15, 0.2) is 29.4 Å². The topological polar surface area (TPSA) is 369 Å². The van der Waals surface area contributed by atoms with Gasteiger partial charge in [-0.25, -0.2) is 22.5 Å². The van der Waals surface area contributed by atoms with Crippen molar-refractivity contribution in [1.29, 1.82) is 0 Å². The number of ether oxygens (including phenoxy) is 10. The highest BCUT2D eigenvalue weighted by molar-refractivity contribution is 7.70. The molecule has 1 amide bonds. The molecule has 0 spiro atoms. The minimum Gasteiger partial charge on any atom is -0.420 e. The van der Waals surface area contributed by atoms with Crippen LogP contribution in [-0.4, -0.2) is 214 Å². The summed E-state index contributed by atoms with van der Waals surface area (Å²) >= 11 is 6.29. The van der Waals surface area contributed by atoms with Crippen LogP contribution in [0, 0.1) is 23.4 Å². The molecule has 0 bridgehead atoms. The quantitative estimate of drug-likeness (QED) is 0.0109. The number of aromatic nitrogens is 7. The molecule has 80 heavy (non-hydrogen) atoms. The van der Waals surface area contributed by atoms with Crippen molar-refractivity contribution in [3.8, 4) is 5.75 Å². The molecular weight excluding hydrogens is 1140 g/mol. The predicted octanol–water partition coefficient (Wildman–Crippen LogP) is 1.47. The van der Waals surface area contributed by atoms with Gasteiger partial charge in [-0.2, -0.15) is 15.1 Å². The fraction of sp³-hybridized carbons (Fsp3) is 0.667. The van der Waals surface area contributed by atoms with E-state index in [-0.39, 0.29) is 74.7 Å². The van der Waals surface area contributed by atoms with Crippen LogP contribution in [0.5, 0.6) is 5.75 Å². The van der Waals surface area contributed by atoms with Gasteiger partial charge >= 0.3 is 21.2 Å². The van der Waals surface area contributed by atoms with Gasteiger partial charge in [0.05, 0.1) is 149 Å². The van der Waals surface area contributed by atoms with Gasteiger partial charge in [0, 0.05) is 24.7 Å². The minimum atomic E-state index is -4.91. The Morgan fingerprint density at radius 1 is 0.787 bits per heavy atom. The maximum atomic E-state index is 13.6. The average molecular weight is 1210 g/mol. The van der Waals surface area contributed by atoms with Crippen molar-refractivity contribution in [2.45, 2.75) is 69.4 Å². The van der Waals surface area contributed by atoms with E-state index in [0.29, 0.717) is 115 Å². The van der Waals surface area contributed by atoms with Gasteiger partial charge in [-0.05, 0) is 24.4 Å². The predicted molar refractivity (Wildman–Crippen MR) is 269 cm³/mol. The molecule has 0 radical (unpaired) electrons. The maximum absolute atomic E-state index is 13.6. The number of rotatable bonds is 39. The number of aliphatic hydroxyl groups is 2. The standard InChI is InChI=1S/C45H65ClF3N9O20P2/c46-45-53-41(32-24-51-58(42(32)54-45)44-39(61)38(60)36(77-44)27-76-80(66,67)28-79(63,64)65)52-35-3-1-2-31(35)43(62)50-5-8-69-11-14-72-18-19-74-20-21-75-26-30-25-57(56-55-30)6-9-70-12-15-73-17-16-71-13-10-68-7-4-37(59)78-40-33(48)22-29(47)23-34(40)49/h22-25,31,35-36,38-39,44,60-61H,1-21,26-28H2,(H,50,62)(H,66,67)(H,52,53,54)(H2,63,64,65)/t31-,35-,36-,38-,39-,44-/m1/s1. The van der Waals surface area contributed by atoms with Gasteiger partial charge in [-0.1, -0.05) is 11.6 Å². The van der Waals surface area contributed by atoms with Gasteiger partial charge in [-0.3, -0.25) is 18.7 Å². The molecule has 35 heteroatoms. The van der Waals surface area contributed by atoms with E-state index in [9.17, 15) is 47.0 Å². The minimum absolute atomic E-state index is 0.0658. The van der Waals surface area contributed by atoms with Gasteiger partial charge in [0.2, 0.25) is 16.9 Å². The van der Waals surface area contributed by atoms with Gasteiger partial charge < -0.3 is 87.4 Å². The van der Waals surface area contributed by atoms with Crippen molar-refractivity contribution in [3.05, 3.63) is 53.0 Å². The molecule has 3 aromatic heterocycles. The van der Waals surface area contributed by atoms with Crippen molar-refractivity contribution >= 4 is 55.5 Å². The number of carbonyl (C=O) groups excluding carboxylic acids is 2. The van der Waals surface area contributed by atoms with Crippen LogP contribution in [-0.2, 0) is 79.0 Å². The molecule has 1 saturated heterocycles. The van der Waals surface area contributed by atoms with Gasteiger partial charge in [0.25, 0.3) is 0 Å². The zero-order valence-electron chi connectivity index (χ0n) is 43.1. The van der Waals surface area contributed by atoms with Crippen molar-refractivity contribution < 1.29 is 109 Å². The highest BCUT2D eigenvalue weighted by Crippen LogP contribution is 2.55. The molecular formula is C45H65ClF3N9O20P2. The summed E-state index contributed by atoms with van der Waals surface area (Å²) in [7, 11) is -9.68. The lowest BCUT2D eigenvalue weighted by Crippen LogP contribution is -2.39. The second-order valence-electron chi connectivity index (χ2n) is 17.8. The summed E-state index contributed by atoms with van der Waals surface area (Å²) in [5.41, 5.74) is 0.742. The number of aliphatic hydroxyl groups excluding tert-OH is 2. The summed E-state index contributed by atoms with van der Waals surface area (Å²) in [6.45, 7) is 4.51. The molecule has 448 valence electrons. The van der Waals surface area contributed by atoms with Crippen LogP contribution >= 0.6 is 26.8 Å². The van der Waals surface area contributed by atoms with E-state index in [0.717, 1.165) is 11.1 Å².